The van der Waals surface area contributed by atoms with E-state index >= 15 is 0 Å². The molecule has 8 nitrogen and oxygen atoms in total. The van der Waals surface area contributed by atoms with E-state index in [0.29, 0.717) is 48.0 Å². The third-order valence-corrected chi connectivity index (χ3v) is 6.99. The van der Waals surface area contributed by atoms with Crippen LogP contribution in [-0.2, 0) is 17.9 Å². The molecule has 3 unspecified atom stereocenters. The third kappa shape index (κ3) is 6.39. The Morgan fingerprint density at radius 1 is 0.947 bits per heavy atom. The number of ether oxygens (including phenoxy) is 4. The van der Waals surface area contributed by atoms with Crippen molar-refractivity contribution in [1.29, 1.82) is 0 Å². The molecule has 38 heavy (non-hydrogen) atoms. The number of methoxy groups -OCH3 is 3. The van der Waals surface area contributed by atoms with Gasteiger partial charge in [0.05, 0.1) is 46.2 Å². The first-order valence-electron chi connectivity index (χ1n) is 12.8. The van der Waals surface area contributed by atoms with Gasteiger partial charge in [-0.2, -0.15) is 0 Å². The molecular weight excluding hydrogens is 486 g/mol. The lowest BCUT2D eigenvalue weighted by Gasteiger charge is -2.29. The third-order valence-electron chi connectivity index (χ3n) is 6.99. The van der Waals surface area contributed by atoms with Crippen LogP contribution in [0.1, 0.15) is 47.3 Å². The number of benzene rings is 3. The molecule has 1 aliphatic rings. The molecule has 0 aliphatic carbocycles. The Bertz CT molecular complexity index is 1190. The predicted octanol–water partition coefficient (Wildman–Crippen LogP) is 4.37. The Balaban J connectivity index is 1.51. The molecule has 204 valence electrons. The summed E-state index contributed by atoms with van der Waals surface area (Å²) in [5, 5.41) is 30.7. The van der Waals surface area contributed by atoms with Crippen LogP contribution in [0.25, 0.3) is 0 Å². The smallest absolute Gasteiger partial charge is 0.203 e. The van der Waals surface area contributed by atoms with Crippen molar-refractivity contribution in [3.63, 3.8) is 0 Å². The van der Waals surface area contributed by atoms with E-state index in [1.165, 1.54) is 12.1 Å². The van der Waals surface area contributed by atoms with Gasteiger partial charge < -0.3 is 34.3 Å². The second kappa shape index (κ2) is 13.0. The van der Waals surface area contributed by atoms with Gasteiger partial charge in [-0.3, -0.25) is 4.90 Å². The molecule has 1 aliphatic heterocycles. The average molecular weight is 524 g/mol. The largest absolute Gasteiger partial charge is 0.508 e. The quantitative estimate of drug-likeness (QED) is 0.322. The van der Waals surface area contributed by atoms with Crippen molar-refractivity contribution in [1.82, 2.24) is 4.90 Å². The van der Waals surface area contributed by atoms with Crippen molar-refractivity contribution in [2.75, 3.05) is 34.4 Å². The molecule has 4 rings (SSSR count). The molecule has 1 heterocycles. The van der Waals surface area contributed by atoms with E-state index in [9.17, 15) is 15.3 Å². The molecule has 1 fully saturated rings. The van der Waals surface area contributed by atoms with Gasteiger partial charge in [-0.05, 0) is 53.8 Å². The van der Waals surface area contributed by atoms with Gasteiger partial charge in [0.2, 0.25) is 5.75 Å². The lowest BCUT2D eigenvalue weighted by Crippen LogP contribution is -2.35. The maximum Gasteiger partial charge on any atom is 0.203 e. The predicted molar refractivity (Wildman–Crippen MR) is 144 cm³/mol. The highest BCUT2D eigenvalue weighted by atomic mass is 16.5. The molecule has 1 saturated heterocycles. The second-order valence-corrected chi connectivity index (χ2v) is 9.48. The summed E-state index contributed by atoms with van der Waals surface area (Å²) < 4.78 is 23.2. The number of phenols is 1. The van der Waals surface area contributed by atoms with Gasteiger partial charge >= 0.3 is 0 Å². The van der Waals surface area contributed by atoms with Gasteiger partial charge in [-0.1, -0.05) is 36.4 Å². The van der Waals surface area contributed by atoms with Crippen molar-refractivity contribution < 1.29 is 34.3 Å². The summed E-state index contributed by atoms with van der Waals surface area (Å²) in [4.78, 5) is 2.17. The lowest BCUT2D eigenvalue weighted by atomic mass is 10.0. The summed E-state index contributed by atoms with van der Waals surface area (Å²) in [5.41, 5.74) is 3.15. The van der Waals surface area contributed by atoms with Crippen LogP contribution < -0.4 is 14.2 Å². The molecule has 0 spiro atoms. The number of hydrogen-bond donors (Lipinski definition) is 3. The highest BCUT2D eigenvalue weighted by Gasteiger charge is 2.32. The lowest BCUT2D eigenvalue weighted by molar-refractivity contribution is 0.00860. The summed E-state index contributed by atoms with van der Waals surface area (Å²) in [6.45, 7) is 1.33. The van der Waals surface area contributed by atoms with Gasteiger partial charge in [0.25, 0.3) is 0 Å². The van der Waals surface area contributed by atoms with Gasteiger partial charge in [0, 0.05) is 25.2 Å². The molecule has 0 radical (unpaired) electrons. The van der Waals surface area contributed by atoms with Crippen LogP contribution in [0.3, 0.4) is 0 Å². The van der Waals surface area contributed by atoms with Crippen LogP contribution in [0.5, 0.6) is 23.0 Å². The Labute approximate surface area is 224 Å². The monoisotopic (exact) mass is 523 g/mol. The Hall–Kier alpha value is -3.30. The van der Waals surface area contributed by atoms with E-state index < -0.39 is 6.10 Å². The maximum atomic E-state index is 11.1. The first-order valence-corrected chi connectivity index (χ1v) is 12.8. The maximum absolute atomic E-state index is 11.1. The molecule has 3 aromatic carbocycles. The first-order chi connectivity index (χ1) is 18.5. The molecule has 3 aromatic rings. The van der Waals surface area contributed by atoms with Crippen LogP contribution in [0.2, 0.25) is 0 Å². The van der Waals surface area contributed by atoms with E-state index in [2.05, 4.69) is 17.0 Å². The van der Waals surface area contributed by atoms with Crippen LogP contribution in [-0.4, -0.2) is 60.7 Å². The zero-order chi connectivity index (χ0) is 27.1. The number of rotatable bonds is 12. The summed E-state index contributed by atoms with van der Waals surface area (Å²) in [5.74, 6) is 1.81. The molecule has 0 aromatic heterocycles. The standard InChI is InChI=1S/C30H37NO7/c1-35-28-14-12-25(29(36-2)30(28)37-3)27-13-10-23(38-27)17-31(16-20-7-5-4-6-8-20)18-26(34)24-11-9-22(33)15-21(24)19-32/h4-9,11-12,14-15,23,26-27,32-34H,10,13,16-19H2,1-3H3. The molecule has 3 N–H and O–H groups in total. The minimum Gasteiger partial charge on any atom is -0.508 e. The van der Waals surface area contributed by atoms with E-state index in [1.807, 2.05) is 30.3 Å². The zero-order valence-corrected chi connectivity index (χ0v) is 22.2. The molecule has 8 heteroatoms. The fourth-order valence-corrected chi connectivity index (χ4v) is 5.18. The van der Waals surface area contributed by atoms with Gasteiger partial charge in [0.1, 0.15) is 5.75 Å². The number of aliphatic hydroxyl groups excluding tert-OH is 2. The Morgan fingerprint density at radius 2 is 1.71 bits per heavy atom. The SMILES string of the molecule is COc1ccc(C2CCC(CN(Cc3ccccc3)CC(O)c3ccc(O)cc3CO)O2)c(OC)c1OC. The highest BCUT2D eigenvalue weighted by Crippen LogP contribution is 2.46. The normalized spacial score (nSPS) is 17.9. The topological polar surface area (TPSA) is 101 Å². The van der Waals surface area contributed by atoms with Gasteiger partial charge in [0.15, 0.2) is 11.5 Å². The minimum absolute atomic E-state index is 0.0501. The number of hydrogen-bond acceptors (Lipinski definition) is 8. The van der Waals surface area contributed by atoms with Gasteiger partial charge in [-0.25, -0.2) is 0 Å². The van der Waals surface area contributed by atoms with Crippen molar-refractivity contribution in [3.8, 4) is 23.0 Å². The van der Waals surface area contributed by atoms with E-state index in [0.717, 1.165) is 24.0 Å². The molecule has 0 bridgehead atoms. The number of aliphatic hydroxyl groups is 2. The second-order valence-electron chi connectivity index (χ2n) is 9.48. The zero-order valence-electron chi connectivity index (χ0n) is 22.2. The van der Waals surface area contributed by atoms with Crippen molar-refractivity contribution in [2.45, 2.75) is 44.3 Å². The number of aromatic hydroxyl groups is 1. The fourth-order valence-electron chi connectivity index (χ4n) is 5.18. The van der Waals surface area contributed by atoms with Crippen LogP contribution in [0.15, 0.2) is 60.7 Å². The van der Waals surface area contributed by atoms with Crippen LogP contribution in [0, 0.1) is 0 Å². The number of nitrogens with zero attached hydrogens (tertiary/aromatic N) is 1. The highest BCUT2D eigenvalue weighted by molar-refractivity contribution is 5.56. The van der Waals surface area contributed by atoms with Crippen LogP contribution in [0.4, 0.5) is 0 Å². The summed E-state index contributed by atoms with van der Waals surface area (Å²) >= 11 is 0. The van der Waals surface area contributed by atoms with E-state index in [4.69, 9.17) is 18.9 Å². The molecule has 0 amide bonds. The average Bonchev–Trinajstić information content (AvgIpc) is 3.40. The fraction of sp³-hybridized carbons (Fsp3) is 0.400. The number of phenolic OH excluding ortho intramolecular Hbond substituents is 1. The molecule has 0 saturated carbocycles. The van der Waals surface area contributed by atoms with E-state index in [-0.39, 0.29) is 24.6 Å². The molecule has 3 atom stereocenters. The Kier molecular flexibility index (Phi) is 9.47. The summed E-state index contributed by atoms with van der Waals surface area (Å²) in [6, 6.07) is 18.6. The summed E-state index contributed by atoms with van der Waals surface area (Å²) in [7, 11) is 4.79. The molecular formula is C30H37NO7. The van der Waals surface area contributed by atoms with Crippen LogP contribution >= 0.6 is 0 Å². The Morgan fingerprint density at radius 3 is 2.39 bits per heavy atom. The first kappa shape index (κ1) is 27.7. The van der Waals surface area contributed by atoms with E-state index in [1.54, 1.807) is 27.4 Å². The minimum atomic E-state index is -0.843. The van der Waals surface area contributed by atoms with Gasteiger partial charge in [-0.15, -0.1) is 0 Å². The van der Waals surface area contributed by atoms with Crippen molar-refractivity contribution in [3.05, 3.63) is 82.9 Å². The summed E-state index contributed by atoms with van der Waals surface area (Å²) in [6.07, 6.45) is 0.627. The van der Waals surface area contributed by atoms with Crippen molar-refractivity contribution >= 4 is 0 Å². The van der Waals surface area contributed by atoms with Crippen molar-refractivity contribution in [2.24, 2.45) is 0 Å².